The molecule has 0 fully saturated rings. The van der Waals surface area contributed by atoms with Crippen LogP contribution >= 0.6 is 15.2 Å². The van der Waals surface area contributed by atoms with E-state index in [4.69, 9.17) is 47.9 Å². The summed E-state index contributed by atoms with van der Waals surface area (Å²) in [6.07, 6.45) is 0. The van der Waals surface area contributed by atoms with Crippen molar-refractivity contribution >= 4 is 37.0 Å². The molecule has 0 aliphatic heterocycles. The van der Waals surface area contributed by atoms with Crippen molar-refractivity contribution in [2.45, 2.75) is 12.0 Å². The molecule has 0 aliphatic rings. The van der Waals surface area contributed by atoms with Gasteiger partial charge in [0.05, 0.1) is 0 Å². The van der Waals surface area contributed by atoms with Gasteiger partial charge < -0.3 is 35.7 Å². The molecule has 0 saturated heterocycles. The number of anilines is 2. The van der Waals surface area contributed by atoms with Crippen LogP contribution in [0.25, 0.3) is 0 Å². The summed E-state index contributed by atoms with van der Waals surface area (Å²) >= 11 is 0. The molecular formula is C9H20N2O11P2S. The first-order valence-electron chi connectivity index (χ1n) is 5.89. The lowest BCUT2D eigenvalue weighted by Crippen LogP contribution is -2.23. The number of rotatable bonds is 3. The fourth-order valence-electron chi connectivity index (χ4n) is 0.819. The van der Waals surface area contributed by atoms with Crippen molar-refractivity contribution in [1.29, 1.82) is 0 Å². The number of benzene rings is 1. The van der Waals surface area contributed by atoms with Gasteiger partial charge >= 0.3 is 25.6 Å². The van der Waals surface area contributed by atoms with Gasteiger partial charge in [0, 0.05) is 18.4 Å². The van der Waals surface area contributed by atoms with Gasteiger partial charge in [-0.1, -0.05) is 0 Å². The van der Waals surface area contributed by atoms with Crippen molar-refractivity contribution in [1.82, 2.24) is 0 Å². The summed E-state index contributed by atoms with van der Waals surface area (Å²) in [7, 11) is -13.2. The zero-order valence-electron chi connectivity index (χ0n) is 13.0. The number of nitrogens with one attached hydrogen (secondary N) is 1. The molecule has 1 aromatic carbocycles. The molecule has 0 aromatic heterocycles. The van der Waals surface area contributed by atoms with Gasteiger partial charge in [0.25, 0.3) is 5.08 Å². The fraction of sp³-hybridized carbons (Fsp3) is 0.333. The van der Waals surface area contributed by atoms with Crippen LogP contribution in [0, 0.1) is 0 Å². The van der Waals surface area contributed by atoms with Crippen molar-refractivity contribution in [2.24, 2.45) is 0 Å². The Kier molecular flexibility index (Phi) is 10.0. The highest BCUT2D eigenvalue weighted by Crippen LogP contribution is 2.66. The second-order valence-corrected chi connectivity index (χ2v) is 9.54. The third-order valence-electron chi connectivity index (χ3n) is 2.30. The summed E-state index contributed by atoms with van der Waals surface area (Å²) in [6.45, 7) is 0.383. The van der Waals surface area contributed by atoms with E-state index >= 15 is 0 Å². The van der Waals surface area contributed by atoms with E-state index in [0.29, 0.717) is 6.92 Å². The third-order valence-corrected chi connectivity index (χ3v) is 6.07. The van der Waals surface area contributed by atoms with Crippen LogP contribution in [-0.4, -0.2) is 54.3 Å². The highest BCUT2D eigenvalue weighted by molar-refractivity contribution is 7.79. The Bertz CT molecular complexity index is 690. The summed E-state index contributed by atoms with van der Waals surface area (Å²) in [5.74, 6) is 0. The average molecular weight is 426 g/mol. The first-order chi connectivity index (χ1) is 10.8. The zero-order chi connectivity index (χ0) is 20.7. The Balaban J connectivity index is 0. The molecule has 16 heteroatoms. The van der Waals surface area contributed by atoms with Crippen molar-refractivity contribution in [3.05, 3.63) is 24.3 Å². The van der Waals surface area contributed by atoms with Crippen LogP contribution in [0.15, 0.2) is 24.3 Å². The Morgan fingerprint density at radius 1 is 1.00 bits per heavy atom. The first-order valence-corrected chi connectivity index (χ1v) is 10.5. The molecule has 148 valence electrons. The average Bonchev–Trinajstić information content (AvgIpc) is 2.36. The fourth-order valence-corrected chi connectivity index (χ4v) is 2.18. The van der Waals surface area contributed by atoms with Gasteiger partial charge in [-0.2, -0.15) is 8.42 Å². The molecule has 0 aliphatic carbocycles. The largest absolute Gasteiger partial charge is 0.399 e. The maximum Gasteiger partial charge on any atom is 0.394 e. The summed E-state index contributed by atoms with van der Waals surface area (Å²) in [4.78, 5) is 33.0. The normalized spacial score (nSPS) is 12.2. The minimum Gasteiger partial charge on any atom is -0.399 e. The molecule has 1 aromatic rings. The smallest absolute Gasteiger partial charge is 0.394 e. The predicted molar refractivity (Wildman–Crippen MR) is 89.3 cm³/mol. The van der Waals surface area contributed by atoms with Crippen LogP contribution in [0.2, 0.25) is 0 Å². The molecule has 0 unspecified atom stereocenters. The molecule has 0 spiro atoms. The van der Waals surface area contributed by atoms with Gasteiger partial charge in [-0.05, 0) is 31.2 Å². The molecule has 25 heavy (non-hydrogen) atoms. The van der Waals surface area contributed by atoms with E-state index in [1.807, 2.05) is 31.3 Å². The number of hydrogen-bond donors (Lipinski definition) is 9. The highest BCUT2D eigenvalue weighted by atomic mass is 32.3. The van der Waals surface area contributed by atoms with Gasteiger partial charge in [-0.15, -0.1) is 0 Å². The maximum atomic E-state index is 10.3. The Morgan fingerprint density at radius 2 is 1.28 bits per heavy atom. The number of nitrogens with two attached hydrogens (primary N) is 1. The number of nitrogen functional groups attached to an aromatic ring is 1. The minimum atomic E-state index is -5.20. The Labute approximate surface area is 143 Å². The highest BCUT2D eigenvalue weighted by Gasteiger charge is 2.55. The van der Waals surface area contributed by atoms with Crippen molar-refractivity contribution in [3.8, 4) is 0 Å². The second-order valence-electron chi connectivity index (χ2n) is 4.38. The van der Waals surface area contributed by atoms with Crippen LogP contribution in [0.4, 0.5) is 11.4 Å². The molecule has 10 N–H and O–H groups in total. The van der Waals surface area contributed by atoms with Gasteiger partial charge in [0.2, 0.25) is 0 Å². The molecule has 0 atom stereocenters. The quantitative estimate of drug-likeness (QED) is 0.171. The molecule has 0 bridgehead atoms. The van der Waals surface area contributed by atoms with Crippen molar-refractivity contribution < 1.29 is 51.3 Å². The topological polar surface area (TPSA) is 248 Å². The first kappa shape index (κ1) is 26.2. The van der Waals surface area contributed by atoms with Crippen molar-refractivity contribution in [3.63, 3.8) is 0 Å². The number of hydrogen-bond acceptors (Lipinski definition) is 7. The SMILES string of the molecule is CC(O)(P(=O)(O)O)P(=O)(O)O.CNc1ccc(N)cc1.O=S(=O)(O)O. The number of aliphatic hydroxyl groups is 1. The second kappa shape index (κ2) is 9.59. The molecule has 1 rings (SSSR count). The summed E-state index contributed by atoms with van der Waals surface area (Å²) in [6, 6.07) is 7.61. The summed E-state index contributed by atoms with van der Waals surface area (Å²) in [5, 5.41) is 8.37. The van der Waals surface area contributed by atoms with Crippen LogP contribution in [0.1, 0.15) is 6.92 Å². The van der Waals surface area contributed by atoms with Crippen molar-refractivity contribution in [2.75, 3.05) is 18.1 Å². The lowest BCUT2D eigenvalue weighted by molar-refractivity contribution is 0.146. The third kappa shape index (κ3) is 12.0. The zero-order valence-corrected chi connectivity index (χ0v) is 15.6. The van der Waals surface area contributed by atoms with E-state index in [0.717, 1.165) is 11.4 Å². The standard InChI is InChI=1S/C7H10N2.C2H8O7P2.H2O4S/c1-9-7-4-2-6(8)3-5-7;1-2(3,10(4,5)6)11(7,8)9;1-5(2,3)4/h2-5,9H,8H2,1H3;3H,1H3,(H2,4,5,6)(H2,7,8,9);(H2,1,2,3,4). The van der Waals surface area contributed by atoms with E-state index in [1.165, 1.54) is 0 Å². The van der Waals surface area contributed by atoms with Crippen LogP contribution < -0.4 is 11.1 Å². The lowest BCUT2D eigenvalue weighted by Gasteiger charge is -2.24. The summed E-state index contributed by atoms with van der Waals surface area (Å²) in [5.41, 5.74) is 7.34. The minimum absolute atomic E-state index is 0.383. The molecule has 0 amide bonds. The monoisotopic (exact) mass is 426 g/mol. The van der Waals surface area contributed by atoms with E-state index in [1.54, 1.807) is 0 Å². The molecule has 13 nitrogen and oxygen atoms in total. The van der Waals surface area contributed by atoms with Gasteiger partial charge in [0.1, 0.15) is 0 Å². The lowest BCUT2D eigenvalue weighted by atomic mass is 10.3. The molecule has 0 saturated carbocycles. The molecule has 0 heterocycles. The Hall–Kier alpha value is -1.05. The van der Waals surface area contributed by atoms with Crippen LogP contribution in [-0.2, 0) is 19.5 Å². The molecule has 0 radical (unpaired) electrons. The van der Waals surface area contributed by atoms with E-state index in [2.05, 4.69) is 5.32 Å². The van der Waals surface area contributed by atoms with Crippen LogP contribution in [0.5, 0.6) is 0 Å². The molecular weight excluding hydrogens is 406 g/mol. The van der Waals surface area contributed by atoms with Gasteiger partial charge in [-0.25, -0.2) is 0 Å². The predicted octanol–water partition coefficient (Wildman–Crippen LogP) is -0.334. The van der Waals surface area contributed by atoms with Crippen LogP contribution in [0.3, 0.4) is 0 Å². The van der Waals surface area contributed by atoms with Gasteiger partial charge in [-0.3, -0.25) is 18.2 Å². The van der Waals surface area contributed by atoms with E-state index in [-0.39, 0.29) is 0 Å². The Morgan fingerprint density at radius 3 is 1.44 bits per heavy atom. The van der Waals surface area contributed by atoms with Gasteiger partial charge in [0.15, 0.2) is 0 Å². The van der Waals surface area contributed by atoms with E-state index in [9.17, 15) is 9.13 Å². The summed E-state index contributed by atoms with van der Waals surface area (Å²) < 4.78 is 52.1. The van der Waals surface area contributed by atoms with E-state index < -0.39 is 30.7 Å². The maximum absolute atomic E-state index is 10.3.